The van der Waals surface area contributed by atoms with E-state index in [0.29, 0.717) is 5.69 Å². The first-order valence-corrected chi connectivity index (χ1v) is 5.62. The van der Waals surface area contributed by atoms with Crippen LogP contribution in [0.1, 0.15) is 25.5 Å². The highest BCUT2D eigenvalue weighted by atomic mass is 16.1. The molecule has 6 heteroatoms. The van der Waals surface area contributed by atoms with Gasteiger partial charge in [0.25, 0.3) is 0 Å². The molecule has 96 valence electrons. The van der Waals surface area contributed by atoms with Crippen LogP contribution < -0.4 is 16.0 Å². The molecule has 0 radical (unpaired) electrons. The third kappa shape index (κ3) is 2.69. The zero-order valence-corrected chi connectivity index (χ0v) is 11.1. The molecule has 17 heavy (non-hydrogen) atoms. The monoisotopic (exact) mass is 239 g/mol. The van der Waals surface area contributed by atoms with E-state index in [1.54, 1.807) is 16.6 Å². The van der Waals surface area contributed by atoms with Crippen LogP contribution in [0.4, 0.5) is 11.5 Å². The number of carbonyl (C=O) groups is 1. The van der Waals surface area contributed by atoms with Crippen LogP contribution in [-0.2, 0) is 11.8 Å². The predicted octanol–water partition coefficient (Wildman–Crippen LogP) is 0.308. The van der Waals surface area contributed by atoms with Crippen LogP contribution in [0.3, 0.4) is 0 Å². The van der Waals surface area contributed by atoms with Crippen molar-refractivity contribution in [3.8, 4) is 0 Å². The summed E-state index contributed by atoms with van der Waals surface area (Å²) in [6.07, 6.45) is 0. The van der Waals surface area contributed by atoms with Gasteiger partial charge >= 0.3 is 0 Å². The van der Waals surface area contributed by atoms with Crippen LogP contribution >= 0.6 is 0 Å². The summed E-state index contributed by atoms with van der Waals surface area (Å²) in [5.41, 5.74) is 7.58. The van der Waals surface area contributed by atoms with Gasteiger partial charge in [-0.15, -0.1) is 0 Å². The average molecular weight is 239 g/mol. The van der Waals surface area contributed by atoms with Crippen molar-refractivity contribution in [2.24, 2.45) is 7.05 Å². The van der Waals surface area contributed by atoms with E-state index >= 15 is 0 Å². The van der Waals surface area contributed by atoms with Gasteiger partial charge in [0.1, 0.15) is 0 Å². The molecule has 6 nitrogen and oxygen atoms in total. The molecule has 0 atom stereocenters. The van der Waals surface area contributed by atoms with Crippen molar-refractivity contribution in [2.75, 3.05) is 31.3 Å². The van der Waals surface area contributed by atoms with Crippen LogP contribution in [0.2, 0.25) is 0 Å². The van der Waals surface area contributed by atoms with Crippen molar-refractivity contribution < 1.29 is 4.79 Å². The molecule has 0 saturated carbocycles. The quantitative estimate of drug-likeness (QED) is 0.792. The van der Waals surface area contributed by atoms with Crippen LogP contribution in [0.5, 0.6) is 0 Å². The standard InChI is InChI=1S/C11H21N5O/c1-7(2)10-9(12)11(16(5)14-10)15(4)6-8(17)13-3/h7H,6,12H2,1-5H3,(H,13,17). The molecule has 0 aromatic carbocycles. The number of nitrogens with two attached hydrogens (primary N) is 1. The maximum Gasteiger partial charge on any atom is 0.239 e. The van der Waals surface area contributed by atoms with Crippen LogP contribution in [0.25, 0.3) is 0 Å². The van der Waals surface area contributed by atoms with E-state index in [1.807, 2.05) is 27.9 Å². The van der Waals surface area contributed by atoms with Crippen molar-refractivity contribution in [3.63, 3.8) is 0 Å². The zero-order chi connectivity index (χ0) is 13.2. The molecule has 0 aliphatic carbocycles. The molecule has 0 saturated heterocycles. The third-order valence-corrected chi connectivity index (χ3v) is 2.65. The fraction of sp³-hybridized carbons (Fsp3) is 0.636. The van der Waals surface area contributed by atoms with Gasteiger partial charge in [0, 0.05) is 21.1 Å². The summed E-state index contributed by atoms with van der Waals surface area (Å²) >= 11 is 0. The highest BCUT2D eigenvalue weighted by Gasteiger charge is 2.19. The third-order valence-electron chi connectivity index (χ3n) is 2.65. The van der Waals surface area contributed by atoms with E-state index < -0.39 is 0 Å². The molecule has 0 aliphatic rings. The van der Waals surface area contributed by atoms with Gasteiger partial charge in [0.05, 0.1) is 17.9 Å². The molecule has 0 unspecified atom stereocenters. The Balaban J connectivity index is 3.01. The Hall–Kier alpha value is -1.72. The van der Waals surface area contributed by atoms with Gasteiger partial charge < -0.3 is 16.0 Å². The van der Waals surface area contributed by atoms with Crippen molar-refractivity contribution in [2.45, 2.75) is 19.8 Å². The normalized spacial score (nSPS) is 10.7. The van der Waals surface area contributed by atoms with Crippen LogP contribution in [0.15, 0.2) is 0 Å². The Morgan fingerprint density at radius 3 is 2.59 bits per heavy atom. The van der Waals surface area contributed by atoms with Crippen LogP contribution in [0, 0.1) is 0 Å². The minimum atomic E-state index is -0.0563. The first-order valence-electron chi connectivity index (χ1n) is 5.62. The Morgan fingerprint density at radius 1 is 1.59 bits per heavy atom. The van der Waals surface area contributed by atoms with E-state index in [2.05, 4.69) is 10.4 Å². The van der Waals surface area contributed by atoms with Gasteiger partial charge in [-0.3, -0.25) is 9.48 Å². The summed E-state index contributed by atoms with van der Waals surface area (Å²) in [7, 11) is 5.27. The van der Waals surface area contributed by atoms with Gasteiger partial charge in [0.15, 0.2) is 5.82 Å². The van der Waals surface area contributed by atoms with Gasteiger partial charge in [-0.25, -0.2) is 0 Å². The number of aromatic nitrogens is 2. The molecule has 1 aromatic heterocycles. The van der Waals surface area contributed by atoms with Gasteiger partial charge in [0.2, 0.25) is 5.91 Å². The SMILES string of the molecule is CNC(=O)CN(C)c1c(N)c(C(C)C)nn1C. The lowest BCUT2D eigenvalue weighted by Gasteiger charge is -2.18. The van der Waals surface area contributed by atoms with E-state index in [1.165, 1.54) is 0 Å². The van der Waals surface area contributed by atoms with E-state index in [-0.39, 0.29) is 18.4 Å². The molecule has 1 amide bonds. The Morgan fingerprint density at radius 2 is 2.18 bits per heavy atom. The lowest BCUT2D eigenvalue weighted by molar-refractivity contribution is -0.119. The highest BCUT2D eigenvalue weighted by molar-refractivity contribution is 5.82. The number of rotatable bonds is 4. The maximum absolute atomic E-state index is 11.3. The number of carbonyl (C=O) groups excluding carboxylic acids is 1. The molecular weight excluding hydrogens is 218 g/mol. The molecule has 3 N–H and O–H groups in total. The minimum Gasteiger partial charge on any atom is -0.394 e. The van der Waals surface area contributed by atoms with Gasteiger partial charge in [-0.05, 0) is 5.92 Å². The topological polar surface area (TPSA) is 76.2 Å². The van der Waals surface area contributed by atoms with Crippen molar-refractivity contribution >= 4 is 17.4 Å². The second-order valence-electron chi connectivity index (χ2n) is 4.43. The lowest BCUT2D eigenvalue weighted by atomic mass is 10.1. The first-order chi connectivity index (χ1) is 7.88. The van der Waals surface area contributed by atoms with E-state index in [0.717, 1.165) is 11.5 Å². The molecule has 0 aliphatic heterocycles. The second-order valence-corrected chi connectivity index (χ2v) is 4.43. The zero-order valence-electron chi connectivity index (χ0n) is 11.1. The number of aryl methyl sites for hydroxylation is 1. The fourth-order valence-corrected chi connectivity index (χ4v) is 1.80. The summed E-state index contributed by atoms with van der Waals surface area (Å²) in [6.45, 7) is 4.35. The number of nitrogens with zero attached hydrogens (tertiary/aromatic N) is 3. The smallest absolute Gasteiger partial charge is 0.239 e. The number of nitrogens with one attached hydrogen (secondary N) is 1. The number of amides is 1. The van der Waals surface area contributed by atoms with E-state index in [4.69, 9.17) is 5.73 Å². The maximum atomic E-state index is 11.3. The van der Waals surface area contributed by atoms with Crippen molar-refractivity contribution in [3.05, 3.63) is 5.69 Å². The number of nitrogen functional groups attached to an aromatic ring is 1. The Labute approximate surface area is 102 Å². The van der Waals surface area contributed by atoms with Gasteiger partial charge in [-0.2, -0.15) is 5.10 Å². The highest BCUT2D eigenvalue weighted by Crippen LogP contribution is 2.29. The fourth-order valence-electron chi connectivity index (χ4n) is 1.80. The summed E-state index contributed by atoms with van der Waals surface area (Å²) in [5, 5.41) is 6.97. The Kier molecular flexibility index (Phi) is 3.98. The largest absolute Gasteiger partial charge is 0.394 e. The van der Waals surface area contributed by atoms with E-state index in [9.17, 15) is 4.79 Å². The first kappa shape index (κ1) is 13.3. The number of likely N-dealkylation sites (N-methyl/N-ethyl adjacent to an activating group) is 2. The lowest BCUT2D eigenvalue weighted by Crippen LogP contribution is -2.34. The molecule has 0 fully saturated rings. The van der Waals surface area contributed by atoms with Crippen molar-refractivity contribution in [1.82, 2.24) is 15.1 Å². The number of hydrogen-bond acceptors (Lipinski definition) is 4. The summed E-state index contributed by atoms with van der Waals surface area (Å²) in [6, 6.07) is 0. The van der Waals surface area contributed by atoms with Crippen LogP contribution in [-0.4, -0.2) is 36.3 Å². The summed E-state index contributed by atoms with van der Waals surface area (Å²) in [5.74, 6) is 0.986. The Bertz CT molecular complexity index is 410. The average Bonchev–Trinajstić information content (AvgIpc) is 2.54. The van der Waals surface area contributed by atoms with Gasteiger partial charge in [-0.1, -0.05) is 13.8 Å². The summed E-state index contributed by atoms with van der Waals surface area (Å²) in [4.78, 5) is 13.1. The van der Waals surface area contributed by atoms with Crippen molar-refractivity contribution in [1.29, 1.82) is 0 Å². The molecule has 0 spiro atoms. The molecule has 1 rings (SSSR count). The molecule has 1 aromatic rings. The molecular formula is C11H21N5O. The minimum absolute atomic E-state index is 0.0563. The second kappa shape index (κ2) is 5.07. The number of hydrogen-bond donors (Lipinski definition) is 2. The predicted molar refractivity (Wildman–Crippen MR) is 69.0 cm³/mol. The molecule has 1 heterocycles. The summed E-state index contributed by atoms with van der Waals surface area (Å²) < 4.78 is 1.72. The number of anilines is 2. The molecule has 0 bridgehead atoms.